The van der Waals surface area contributed by atoms with Crippen LogP contribution in [0, 0.1) is 5.92 Å². The molecule has 1 saturated heterocycles. The molecule has 1 aliphatic heterocycles. The van der Waals surface area contributed by atoms with Gasteiger partial charge in [-0.3, -0.25) is 9.69 Å². The Morgan fingerprint density at radius 1 is 1.13 bits per heavy atom. The van der Waals surface area contributed by atoms with Gasteiger partial charge in [-0.1, -0.05) is 25.7 Å². The number of nitrogens with two attached hydrogens (primary N) is 1. The van der Waals surface area contributed by atoms with Gasteiger partial charge in [0.2, 0.25) is 5.91 Å². The van der Waals surface area contributed by atoms with Gasteiger partial charge in [-0.15, -0.1) is 0 Å². The summed E-state index contributed by atoms with van der Waals surface area (Å²) in [5.74, 6) is 0.708. The lowest BCUT2D eigenvalue weighted by molar-refractivity contribution is -0.126. The molecule has 2 unspecified atom stereocenters. The van der Waals surface area contributed by atoms with E-state index in [1.165, 1.54) is 25.7 Å². The highest BCUT2D eigenvalue weighted by molar-refractivity contribution is 5.77. The van der Waals surface area contributed by atoms with Crippen molar-refractivity contribution in [3.63, 3.8) is 0 Å². The number of carbonyl (C=O) groups excluding carboxylic acids is 1. The van der Waals surface area contributed by atoms with Crippen LogP contribution in [0.4, 0.5) is 0 Å². The van der Waals surface area contributed by atoms with Crippen molar-refractivity contribution >= 4 is 5.91 Å². The fraction of sp³-hybridized carbons (Fsp3) is 0.944. The molecule has 3 fully saturated rings. The molecule has 3 aliphatic rings. The van der Waals surface area contributed by atoms with Gasteiger partial charge in [0.25, 0.3) is 0 Å². The Kier molecular flexibility index (Phi) is 5.94. The number of hydrogen-bond donors (Lipinski definition) is 2. The fourth-order valence-electron chi connectivity index (χ4n) is 4.91. The molecule has 2 saturated carbocycles. The molecule has 0 aromatic heterocycles. The van der Waals surface area contributed by atoms with E-state index in [4.69, 9.17) is 10.5 Å². The van der Waals surface area contributed by atoms with E-state index in [9.17, 15) is 4.79 Å². The Balaban J connectivity index is 1.59. The van der Waals surface area contributed by atoms with E-state index in [1.54, 1.807) is 0 Å². The van der Waals surface area contributed by atoms with Gasteiger partial charge in [0.15, 0.2) is 0 Å². The molecular weight excluding hydrogens is 290 g/mol. The van der Waals surface area contributed by atoms with Crippen LogP contribution >= 0.6 is 0 Å². The molecule has 2 aliphatic carbocycles. The van der Waals surface area contributed by atoms with Crippen molar-refractivity contribution in [2.75, 3.05) is 32.8 Å². The zero-order valence-electron chi connectivity index (χ0n) is 14.4. The smallest absolute Gasteiger partial charge is 0.222 e. The molecule has 0 bridgehead atoms. The summed E-state index contributed by atoms with van der Waals surface area (Å²) >= 11 is 0. The number of nitrogens with zero attached hydrogens (tertiary/aromatic N) is 1. The quantitative estimate of drug-likeness (QED) is 0.807. The Morgan fingerprint density at radius 2 is 1.83 bits per heavy atom. The van der Waals surface area contributed by atoms with Crippen molar-refractivity contribution < 1.29 is 9.53 Å². The molecule has 132 valence electrons. The van der Waals surface area contributed by atoms with Gasteiger partial charge in [0, 0.05) is 31.1 Å². The SMILES string of the molecule is NCC1CCCCC1NC(=O)CC1(N2CCOCC2)CCCC1. The molecule has 1 amide bonds. The van der Waals surface area contributed by atoms with Crippen molar-refractivity contribution in [2.45, 2.75) is 69.4 Å². The lowest BCUT2D eigenvalue weighted by atomic mass is 9.84. The first kappa shape index (κ1) is 17.2. The van der Waals surface area contributed by atoms with E-state index < -0.39 is 0 Å². The molecule has 0 spiro atoms. The summed E-state index contributed by atoms with van der Waals surface area (Å²) < 4.78 is 5.50. The predicted molar refractivity (Wildman–Crippen MR) is 91.2 cm³/mol. The second kappa shape index (κ2) is 7.95. The lowest BCUT2D eigenvalue weighted by Gasteiger charge is -2.43. The van der Waals surface area contributed by atoms with Crippen LogP contribution in [-0.2, 0) is 9.53 Å². The Hall–Kier alpha value is -0.650. The van der Waals surface area contributed by atoms with Crippen LogP contribution in [0.3, 0.4) is 0 Å². The summed E-state index contributed by atoms with van der Waals surface area (Å²) in [7, 11) is 0. The fourth-order valence-corrected chi connectivity index (χ4v) is 4.91. The van der Waals surface area contributed by atoms with Gasteiger partial charge in [0.1, 0.15) is 0 Å². The number of carbonyl (C=O) groups is 1. The number of hydrogen-bond acceptors (Lipinski definition) is 4. The van der Waals surface area contributed by atoms with Gasteiger partial charge in [-0.25, -0.2) is 0 Å². The second-order valence-electron chi connectivity index (χ2n) is 7.66. The van der Waals surface area contributed by atoms with Gasteiger partial charge in [-0.2, -0.15) is 0 Å². The first-order valence-corrected chi connectivity index (χ1v) is 9.56. The minimum absolute atomic E-state index is 0.0841. The summed E-state index contributed by atoms with van der Waals surface area (Å²) in [5.41, 5.74) is 5.99. The van der Waals surface area contributed by atoms with E-state index in [2.05, 4.69) is 10.2 Å². The lowest BCUT2D eigenvalue weighted by Crippen LogP contribution is -2.55. The Bertz CT molecular complexity index is 390. The van der Waals surface area contributed by atoms with Gasteiger partial charge in [-0.05, 0) is 38.1 Å². The van der Waals surface area contributed by atoms with Crippen LogP contribution in [0.25, 0.3) is 0 Å². The number of morpholine rings is 1. The molecule has 3 N–H and O–H groups in total. The van der Waals surface area contributed by atoms with Gasteiger partial charge >= 0.3 is 0 Å². The molecule has 1 heterocycles. The first-order chi connectivity index (χ1) is 11.2. The molecule has 3 rings (SSSR count). The van der Waals surface area contributed by atoms with Gasteiger partial charge < -0.3 is 15.8 Å². The van der Waals surface area contributed by atoms with E-state index in [0.29, 0.717) is 24.9 Å². The van der Waals surface area contributed by atoms with Crippen molar-refractivity contribution in [3.8, 4) is 0 Å². The highest BCUT2D eigenvalue weighted by atomic mass is 16.5. The third kappa shape index (κ3) is 4.06. The third-order valence-electron chi connectivity index (χ3n) is 6.26. The highest BCUT2D eigenvalue weighted by Gasteiger charge is 2.42. The molecular formula is C18H33N3O2. The van der Waals surface area contributed by atoms with Crippen LogP contribution in [0.2, 0.25) is 0 Å². The molecule has 5 heteroatoms. The van der Waals surface area contributed by atoms with Crippen molar-refractivity contribution in [2.24, 2.45) is 11.7 Å². The normalized spacial score (nSPS) is 31.9. The van der Waals surface area contributed by atoms with E-state index >= 15 is 0 Å². The molecule has 5 nitrogen and oxygen atoms in total. The van der Waals surface area contributed by atoms with E-state index in [-0.39, 0.29) is 11.4 Å². The monoisotopic (exact) mass is 323 g/mol. The average molecular weight is 323 g/mol. The summed E-state index contributed by atoms with van der Waals surface area (Å²) in [6, 6.07) is 0.296. The number of nitrogens with one attached hydrogen (secondary N) is 1. The maximum atomic E-state index is 12.8. The molecule has 2 atom stereocenters. The Morgan fingerprint density at radius 3 is 2.52 bits per heavy atom. The molecule has 0 aromatic rings. The van der Waals surface area contributed by atoms with Crippen molar-refractivity contribution in [3.05, 3.63) is 0 Å². The van der Waals surface area contributed by atoms with Crippen LogP contribution in [-0.4, -0.2) is 55.2 Å². The van der Waals surface area contributed by atoms with Crippen molar-refractivity contribution in [1.29, 1.82) is 0 Å². The zero-order valence-corrected chi connectivity index (χ0v) is 14.4. The third-order valence-corrected chi connectivity index (χ3v) is 6.26. The summed E-state index contributed by atoms with van der Waals surface area (Å²) in [4.78, 5) is 15.3. The molecule has 23 heavy (non-hydrogen) atoms. The van der Waals surface area contributed by atoms with Crippen LogP contribution in [0.1, 0.15) is 57.8 Å². The second-order valence-corrected chi connectivity index (χ2v) is 7.66. The number of amides is 1. The summed E-state index contributed by atoms with van der Waals surface area (Å²) in [6.45, 7) is 4.26. The standard InChI is InChI=1S/C18H33N3O2/c19-14-15-5-1-2-6-16(15)20-17(22)13-18(7-3-4-8-18)21-9-11-23-12-10-21/h15-16H,1-14,19H2,(H,20,22). The maximum Gasteiger partial charge on any atom is 0.222 e. The average Bonchev–Trinajstić information content (AvgIpc) is 3.06. The summed E-state index contributed by atoms with van der Waals surface area (Å²) in [6.07, 6.45) is 10.2. The van der Waals surface area contributed by atoms with E-state index in [1.807, 2.05) is 0 Å². The van der Waals surface area contributed by atoms with E-state index in [0.717, 1.165) is 52.0 Å². The maximum absolute atomic E-state index is 12.8. The first-order valence-electron chi connectivity index (χ1n) is 9.56. The molecule has 0 aromatic carbocycles. The number of ether oxygens (including phenoxy) is 1. The van der Waals surface area contributed by atoms with Gasteiger partial charge in [0.05, 0.1) is 13.2 Å². The molecule has 0 radical (unpaired) electrons. The van der Waals surface area contributed by atoms with Crippen molar-refractivity contribution in [1.82, 2.24) is 10.2 Å². The van der Waals surface area contributed by atoms with Crippen LogP contribution < -0.4 is 11.1 Å². The highest BCUT2D eigenvalue weighted by Crippen LogP contribution is 2.38. The largest absolute Gasteiger partial charge is 0.379 e. The number of rotatable bonds is 5. The zero-order chi connectivity index (χ0) is 16.1. The minimum Gasteiger partial charge on any atom is -0.379 e. The van der Waals surface area contributed by atoms with Crippen LogP contribution in [0.5, 0.6) is 0 Å². The summed E-state index contributed by atoms with van der Waals surface area (Å²) in [5, 5.41) is 3.33. The predicted octanol–water partition coefficient (Wildman–Crippen LogP) is 1.66. The topological polar surface area (TPSA) is 67.6 Å². The Labute approximate surface area is 140 Å². The van der Waals surface area contributed by atoms with Crippen LogP contribution in [0.15, 0.2) is 0 Å². The minimum atomic E-state index is 0.0841.